The summed E-state index contributed by atoms with van der Waals surface area (Å²) in [7, 11) is 0. The average molecular weight is 282 g/mol. The molecule has 0 aromatic rings. The lowest BCUT2D eigenvalue weighted by molar-refractivity contribution is 0.136. The van der Waals surface area contributed by atoms with Crippen LogP contribution in [0.4, 0.5) is 0 Å². The quantitative estimate of drug-likeness (QED) is 0.286. The lowest BCUT2D eigenvalue weighted by Gasteiger charge is -2.17. The molecule has 0 spiro atoms. The largest absolute Gasteiger partial charge is 0.395 e. The fourth-order valence-corrected chi connectivity index (χ4v) is 1.47. The number of aliphatic hydroxyl groups is 5. The Morgan fingerprint density at radius 3 is 1.00 bits per heavy atom. The zero-order valence-corrected chi connectivity index (χ0v) is 11.9. The summed E-state index contributed by atoms with van der Waals surface area (Å²) in [5, 5.41) is 42.4. The molecule has 118 valence electrons. The second kappa shape index (κ2) is 17.7. The van der Waals surface area contributed by atoms with Gasteiger partial charge in [-0.3, -0.25) is 9.80 Å². The minimum atomic E-state index is 0.0694. The first kappa shape index (κ1) is 21.0. The van der Waals surface area contributed by atoms with Crippen molar-refractivity contribution in [1.82, 2.24) is 9.80 Å². The summed E-state index contributed by atoms with van der Waals surface area (Å²) in [5.74, 6) is 0. The van der Waals surface area contributed by atoms with Crippen LogP contribution in [0.5, 0.6) is 0 Å². The highest BCUT2D eigenvalue weighted by atomic mass is 16.3. The molecular formula is C12H30N2O5. The molecule has 0 amide bonds. The van der Waals surface area contributed by atoms with Gasteiger partial charge in [0.25, 0.3) is 0 Å². The lowest BCUT2D eigenvalue weighted by atomic mass is 10.4. The monoisotopic (exact) mass is 282 g/mol. The van der Waals surface area contributed by atoms with E-state index in [0.717, 1.165) is 6.54 Å². The van der Waals surface area contributed by atoms with Crippen molar-refractivity contribution in [3.05, 3.63) is 0 Å². The van der Waals surface area contributed by atoms with Gasteiger partial charge in [0.2, 0.25) is 0 Å². The zero-order valence-electron chi connectivity index (χ0n) is 11.9. The number of rotatable bonds is 11. The predicted molar refractivity (Wildman–Crippen MR) is 74.0 cm³/mol. The third-order valence-electron chi connectivity index (χ3n) is 2.53. The van der Waals surface area contributed by atoms with Gasteiger partial charge in [-0.1, -0.05) is 6.92 Å². The van der Waals surface area contributed by atoms with Gasteiger partial charge >= 0.3 is 0 Å². The van der Waals surface area contributed by atoms with Crippen molar-refractivity contribution in [1.29, 1.82) is 0 Å². The van der Waals surface area contributed by atoms with E-state index in [2.05, 4.69) is 0 Å². The highest BCUT2D eigenvalue weighted by molar-refractivity contribution is 4.54. The van der Waals surface area contributed by atoms with Gasteiger partial charge in [-0.2, -0.15) is 0 Å². The zero-order chi connectivity index (χ0) is 14.9. The van der Waals surface area contributed by atoms with E-state index >= 15 is 0 Å². The number of aliphatic hydroxyl groups excluding tert-OH is 5. The van der Waals surface area contributed by atoms with Crippen molar-refractivity contribution in [2.24, 2.45) is 0 Å². The number of likely N-dealkylation sites (N-methyl/N-ethyl adjacent to an activating group) is 1. The summed E-state index contributed by atoms with van der Waals surface area (Å²) in [4.78, 5) is 3.78. The molecule has 0 aliphatic rings. The molecule has 0 radical (unpaired) electrons. The van der Waals surface area contributed by atoms with Crippen LogP contribution in [0.15, 0.2) is 0 Å². The highest BCUT2D eigenvalue weighted by Gasteiger charge is 2.00. The van der Waals surface area contributed by atoms with Crippen molar-refractivity contribution in [2.75, 3.05) is 72.3 Å². The van der Waals surface area contributed by atoms with Gasteiger partial charge in [-0.05, 0) is 6.54 Å². The summed E-state index contributed by atoms with van der Waals surface area (Å²) < 4.78 is 0. The van der Waals surface area contributed by atoms with Gasteiger partial charge in [-0.25, -0.2) is 0 Å². The Hall–Kier alpha value is -0.280. The summed E-state index contributed by atoms with van der Waals surface area (Å²) >= 11 is 0. The maximum atomic E-state index is 8.48. The molecule has 0 saturated carbocycles. The van der Waals surface area contributed by atoms with Crippen molar-refractivity contribution < 1.29 is 25.5 Å². The number of hydrogen-bond donors (Lipinski definition) is 5. The second-order valence-corrected chi connectivity index (χ2v) is 3.89. The molecule has 0 rings (SSSR count). The molecule has 0 aromatic carbocycles. The summed E-state index contributed by atoms with van der Waals surface area (Å²) in [6.45, 7) is 6.32. The van der Waals surface area contributed by atoms with E-state index in [1.807, 2.05) is 11.8 Å². The van der Waals surface area contributed by atoms with Crippen molar-refractivity contribution in [3.8, 4) is 0 Å². The van der Waals surface area contributed by atoms with Gasteiger partial charge in [0.1, 0.15) is 0 Å². The van der Waals surface area contributed by atoms with Crippen LogP contribution < -0.4 is 0 Å². The summed E-state index contributed by atoms with van der Waals surface area (Å²) in [6.07, 6.45) is 0. The topological polar surface area (TPSA) is 108 Å². The molecule has 0 unspecified atom stereocenters. The summed E-state index contributed by atoms with van der Waals surface area (Å²) in [5.41, 5.74) is 0. The molecule has 0 saturated heterocycles. The fraction of sp³-hybridized carbons (Fsp3) is 1.00. The van der Waals surface area contributed by atoms with E-state index < -0.39 is 0 Å². The molecular weight excluding hydrogens is 252 g/mol. The first-order valence-corrected chi connectivity index (χ1v) is 6.69. The minimum Gasteiger partial charge on any atom is -0.395 e. The Balaban J connectivity index is 0. The van der Waals surface area contributed by atoms with Gasteiger partial charge in [0, 0.05) is 32.7 Å². The first-order chi connectivity index (χ1) is 9.19. The molecule has 0 bridgehead atoms. The third-order valence-corrected chi connectivity index (χ3v) is 2.53. The SMILES string of the molecule is CCN(CCO)CCO.OCCN(CCO)CCO. The van der Waals surface area contributed by atoms with Gasteiger partial charge in [0.15, 0.2) is 0 Å². The van der Waals surface area contributed by atoms with Crippen LogP contribution in [0, 0.1) is 0 Å². The third kappa shape index (κ3) is 15.7. The molecule has 0 heterocycles. The van der Waals surface area contributed by atoms with E-state index in [9.17, 15) is 0 Å². The molecule has 0 aliphatic carbocycles. The molecule has 19 heavy (non-hydrogen) atoms. The molecule has 0 aliphatic heterocycles. The molecule has 0 fully saturated rings. The molecule has 7 heteroatoms. The molecule has 0 atom stereocenters. The van der Waals surface area contributed by atoms with Crippen LogP contribution >= 0.6 is 0 Å². The van der Waals surface area contributed by atoms with Crippen LogP contribution in [0.25, 0.3) is 0 Å². The highest BCUT2D eigenvalue weighted by Crippen LogP contribution is 1.84. The van der Waals surface area contributed by atoms with Crippen LogP contribution in [0.2, 0.25) is 0 Å². The van der Waals surface area contributed by atoms with E-state index in [0.29, 0.717) is 32.7 Å². The predicted octanol–water partition coefficient (Wildman–Crippen LogP) is -2.44. The van der Waals surface area contributed by atoms with Crippen LogP contribution in [0.1, 0.15) is 6.92 Å². The Labute approximate surface area is 115 Å². The van der Waals surface area contributed by atoms with Crippen molar-refractivity contribution in [2.45, 2.75) is 6.92 Å². The second-order valence-electron chi connectivity index (χ2n) is 3.89. The summed E-state index contributed by atoms with van der Waals surface area (Å²) in [6, 6.07) is 0. The van der Waals surface area contributed by atoms with E-state index in [1.165, 1.54) is 0 Å². The van der Waals surface area contributed by atoms with Crippen LogP contribution in [-0.4, -0.2) is 108 Å². The first-order valence-electron chi connectivity index (χ1n) is 6.69. The molecule has 7 nitrogen and oxygen atoms in total. The standard InChI is InChI=1S/C6H15NO3.C6H15NO2/c8-4-1-7(2-5-9)3-6-10;1-2-7(3-5-8)4-6-9/h8-10H,1-6H2;8-9H,2-6H2,1H3. The Kier molecular flexibility index (Phi) is 19.6. The normalized spacial score (nSPS) is 10.7. The maximum Gasteiger partial charge on any atom is 0.0558 e. The van der Waals surface area contributed by atoms with E-state index in [4.69, 9.17) is 25.5 Å². The van der Waals surface area contributed by atoms with Crippen molar-refractivity contribution >= 4 is 0 Å². The van der Waals surface area contributed by atoms with E-state index in [1.54, 1.807) is 4.90 Å². The number of nitrogens with zero attached hydrogens (tertiary/aromatic N) is 2. The van der Waals surface area contributed by atoms with Crippen molar-refractivity contribution in [3.63, 3.8) is 0 Å². The maximum absolute atomic E-state index is 8.48. The smallest absolute Gasteiger partial charge is 0.0558 e. The average Bonchev–Trinajstić information content (AvgIpc) is 2.40. The molecule has 5 N–H and O–H groups in total. The van der Waals surface area contributed by atoms with Crippen LogP contribution in [0.3, 0.4) is 0 Å². The Morgan fingerprint density at radius 2 is 0.789 bits per heavy atom. The lowest BCUT2D eigenvalue weighted by Crippen LogP contribution is -2.32. The van der Waals surface area contributed by atoms with E-state index in [-0.39, 0.29) is 33.0 Å². The molecule has 0 aromatic heterocycles. The minimum absolute atomic E-state index is 0.0694. The van der Waals surface area contributed by atoms with Gasteiger partial charge < -0.3 is 25.5 Å². The fourth-order valence-electron chi connectivity index (χ4n) is 1.47. The number of hydrogen-bond acceptors (Lipinski definition) is 7. The Morgan fingerprint density at radius 1 is 0.526 bits per heavy atom. The van der Waals surface area contributed by atoms with Gasteiger partial charge in [-0.15, -0.1) is 0 Å². The van der Waals surface area contributed by atoms with Gasteiger partial charge in [0.05, 0.1) is 33.0 Å². The Bertz CT molecular complexity index is 143. The van der Waals surface area contributed by atoms with Crippen LogP contribution in [-0.2, 0) is 0 Å².